The summed E-state index contributed by atoms with van der Waals surface area (Å²) in [6, 6.07) is 13.8. The minimum absolute atomic E-state index is 0.272. The Morgan fingerprint density at radius 3 is 2.55 bits per heavy atom. The number of hydrogen-bond donors (Lipinski definition) is 2. The second kappa shape index (κ2) is 8.62. The highest BCUT2D eigenvalue weighted by Gasteiger charge is 2.39. The van der Waals surface area contributed by atoms with E-state index in [-0.39, 0.29) is 5.69 Å². The minimum Gasteiger partial charge on any atom is -0.324 e. The number of amides is 1. The highest BCUT2D eigenvalue weighted by atomic mass is 32.2. The maximum atomic E-state index is 13.4. The first-order valence-corrected chi connectivity index (χ1v) is 10.7. The van der Waals surface area contributed by atoms with Gasteiger partial charge in [0.25, 0.3) is 0 Å². The van der Waals surface area contributed by atoms with Crippen molar-refractivity contribution < 1.29 is 18.0 Å². The van der Waals surface area contributed by atoms with Gasteiger partial charge < -0.3 is 10.7 Å². The zero-order valence-corrected chi connectivity index (χ0v) is 17.4. The van der Waals surface area contributed by atoms with Crippen LogP contribution in [0.3, 0.4) is 0 Å². The third-order valence-corrected chi connectivity index (χ3v) is 6.10. The third kappa shape index (κ3) is 4.39. The molecule has 162 valence electrons. The van der Waals surface area contributed by atoms with Gasteiger partial charge in [-0.15, -0.1) is 10.2 Å². The number of halogens is 3. The predicted octanol–water partition coefficient (Wildman–Crippen LogP) is 4.65. The van der Waals surface area contributed by atoms with E-state index in [0.29, 0.717) is 11.6 Å². The fraction of sp³-hybridized carbons (Fsp3) is 0.286. The number of aromatic nitrogens is 3. The number of rotatable bonds is 5. The van der Waals surface area contributed by atoms with Crippen LogP contribution in [-0.2, 0) is 17.4 Å². The maximum absolute atomic E-state index is 13.4. The summed E-state index contributed by atoms with van der Waals surface area (Å²) in [5, 5.41) is 10.6. The number of para-hydroxylation sites is 1. The molecule has 0 unspecified atom stereocenters. The summed E-state index contributed by atoms with van der Waals surface area (Å²) >= 11 is 1.18. The number of nitrogens with one attached hydrogen (secondary N) is 2. The normalized spacial score (nSPS) is 18.2. The lowest BCUT2D eigenvalue weighted by Crippen LogP contribution is -2.41. The van der Waals surface area contributed by atoms with Crippen molar-refractivity contribution in [3.05, 3.63) is 71.5 Å². The summed E-state index contributed by atoms with van der Waals surface area (Å²) in [6.07, 6.45) is -2.99. The number of nitrogens with zero attached hydrogens (tertiary/aromatic N) is 3. The Morgan fingerprint density at radius 2 is 1.84 bits per heavy atom. The van der Waals surface area contributed by atoms with Gasteiger partial charge in [-0.25, -0.2) is 4.68 Å². The van der Waals surface area contributed by atoms with Crippen LogP contribution < -0.4 is 10.7 Å². The van der Waals surface area contributed by atoms with Crippen LogP contribution in [0, 0.1) is 0 Å². The van der Waals surface area contributed by atoms with Crippen LogP contribution in [0.5, 0.6) is 0 Å². The van der Waals surface area contributed by atoms with Crippen LogP contribution in [0.4, 0.5) is 18.9 Å². The van der Waals surface area contributed by atoms with Gasteiger partial charge in [0.15, 0.2) is 5.82 Å². The second-order valence-corrected chi connectivity index (χ2v) is 8.18. The van der Waals surface area contributed by atoms with E-state index in [2.05, 4.69) is 20.9 Å². The Balaban J connectivity index is 1.67. The molecule has 3 aromatic rings. The van der Waals surface area contributed by atoms with Gasteiger partial charge in [-0.3, -0.25) is 4.79 Å². The molecule has 0 aliphatic carbocycles. The summed E-state index contributed by atoms with van der Waals surface area (Å²) in [4.78, 5) is 13.2. The number of hydrogen-bond acceptors (Lipinski definition) is 5. The van der Waals surface area contributed by atoms with E-state index in [9.17, 15) is 18.0 Å². The van der Waals surface area contributed by atoms with Crippen molar-refractivity contribution in [1.82, 2.24) is 14.9 Å². The number of benzene rings is 2. The molecule has 2 N–H and O–H groups in total. The zero-order valence-electron chi connectivity index (χ0n) is 16.6. The van der Waals surface area contributed by atoms with E-state index < -0.39 is 28.9 Å². The van der Waals surface area contributed by atoms with Gasteiger partial charge in [0, 0.05) is 6.42 Å². The number of thioether (sulfide) groups is 1. The molecule has 1 aromatic heterocycles. The van der Waals surface area contributed by atoms with Crippen molar-refractivity contribution in [3.8, 4) is 0 Å². The number of anilines is 1. The SMILES string of the molecule is CCCc1nnc2n1N[C@@H](c1ccccc1)[C@H](C(=O)Nc1ccccc1C(F)(F)F)S2. The summed E-state index contributed by atoms with van der Waals surface area (Å²) < 4.78 is 41.9. The average molecular weight is 447 g/mol. The van der Waals surface area contributed by atoms with Gasteiger partial charge in [-0.05, 0) is 24.1 Å². The Kier molecular flexibility index (Phi) is 5.90. The van der Waals surface area contributed by atoms with E-state index >= 15 is 0 Å². The van der Waals surface area contributed by atoms with Crippen LogP contribution in [0.1, 0.15) is 36.3 Å². The van der Waals surface area contributed by atoms with Crippen LogP contribution in [-0.4, -0.2) is 26.0 Å². The predicted molar refractivity (Wildman–Crippen MR) is 112 cm³/mol. The number of carbonyl (C=O) groups excluding carboxylic acids is 1. The minimum atomic E-state index is -4.57. The van der Waals surface area contributed by atoms with Gasteiger partial charge >= 0.3 is 6.18 Å². The van der Waals surface area contributed by atoms with E-state index in [1.807, 2.05) is 37.3 Å². The molecule has 4 rings (SSSR count). The molecule has 0 saturated carbocycles. The maximum Gasteiger partial charge on any atom is 0.418 e. The molecule has 2 atom stereocenters. The summed E-state index contributed by atoms with van der Waals surface area (Å²) in [5.41, 5.74) is 2.97. The topological polar surface area (TPSA) is 71.8 Å². The molecule has 0 saturated heterocycles. The fourth-order valence-electron chi connectivity index (χ4n) is 3.44. The molecule has 31 heavy (non-hydrogen) atoms. The van der Waals surface area contributed by atoms with Crippen LogP contribution in [0.25, 0.3) is 0 Å². The smallest absolute Gasteiger partial charge is 0.324 e. The van der Waals surface area contributed by atoms with E-state index in [1.54, 1.807) is 4.68 Å². The van der Waals surface area contributed by atoms with Crippen molar-refractivity contribution in [3.63, 3.8) is 0 Å². The van der Waals surface area contributed by atoms with Crippen molar-refractivity contribution >= 4 is 23.4 Å². The Labute approximate surface area is 181 Å². The Hall–Kier alpha value is -3.01. The number of alkyl halides is 3. The highest BCUT2D eigenvalue weighted by molar-refractivity contribution is 8.00. The molecule has 1 aliphatic rings. The van der Waals surface area contributed by atoms with Gasteiger partial charge in [-0.1, -0.05) is 61.2 Å². The third-order valence-electron chi connectivity index (χ3n) is 4.88. The quantitative estimate of drug-likeness (QED) is 0.596. The molecule has 2 heterocycles. The Bertz CT molecular complexity index is 1070. The molecule has 0 fully saturated rings. The number of aryl methyl sites for hydroxylation is 1. The number of fused-ring (bicyclic) bond motifs is 1. The average Bonchev–Trinajstić information content (AvgIpc) is 3.15. The van der Waals surface area contributed by atoms with E-state index in [0.717, 1.165) is 23.9 Å². The molecular formula is C21H20F3N5OS. The van der Waals surface area contributed by atoms with Gasteiger partial charge in [-0.2, -0.15) is 13.2 Å². The first kappa shape index (κ1) is 21.2. The Morgan fingerprint density at radius 1 is 1.13 bits per heavy atom. The zero-order chi connectivity index (χ0) is 22.0. The van der Waals surface area contributed by atoms with Gasteiger partial charge in [0.2, 0.25) is 11.1 Å². The van der Waals surface area contributed by atoms with E-state index in [4.69, 9.17) is 0 Å². The van der Waals surface area contributed by atoms with Crippen LogP contribution in [0.2, 0.25) is 0 Å². The van der Waals surface area contributed by atoms with Crippen LogP contribution >= 0.6 is 11.8 Å². The molecule has 0 bridgehead atoms. The largest absolute Gasteiger partial charge is 0.418 e. The molecule has 6 nitrogen and oxygen atoms in total. The second-order valence-electron chi connectivity index (χ2n) is 7.07. The van der Waals surface area contributed by atoms with Gasteiger partial charge in [0.05, 0.1) is 17.3 Å². The van der Waals surface area contributed by atoms with Crippen molar-refractivity contribution in [2.75, 3.05) is 10.7 Å². The fourth-order valence-corrected chi connectivity index (χ4v) is 4.54. The molecule has 1 amide bonds. The lowest BCUT2D eigenvalue weighted by molar-refractivity contribution is -0.137. The first-order chi connectivity index (χ1) is 14.9. The molecule has 2 aromatic carbocycles. The van der Waals surface area contributed by atoms with E-state index in [1.165, 1.54) is 30.0 Å². The molecule has 0 spiro atoms. The lowest BCUT2D eigenvalue weighted by Gasteiger charge is -2.33. The first-order valence-electron chi connectivity index (χ1n) is 9.78. The van der Waals surface area contributed by atoms with Crippen LogP contribution in [0.15, 0.2) is 59.8 Å². The van der Waals surface area contributed by atoms with Gasteiger partial charge in [0.1, 0.15) is 5.25 Å². The molecule has 1 aliphatic heterocycles. The molecule has 0 radical (unpaired) electrons. The molecule has 10 heteroatoms. The lowest BCUT2D eigenvalue weighted by atomic mass is 10.0. The van der Waals surface area contributed by atoms with Crippen molar-refractivity contribution in [1.29, 1.82) is 0 Å². The summed E-state index contributed by atoms with van der Waals surface area (Å²) in [6.45, 7) is 2.03. The number of carbonyl (C=O) groups is 1. The molecular weight excluding hydrogens is 427 g/mol. The van der Waals surface area contributed by atoms with Crippen molar-refractivity contribution in [2.45, 2.75) is 42.4 Å². The summed E-state index contributed by atoms with van der Waals surface area (Å²) in [5.74, 6) is 0.196. The summed E-state index contributed by atoms with van der Waals surface area (Å²) in [7, 11) is 0. The highest BCUT2D eigenvalue weighted by Crippen LogP contribution is 2.39. The van der Waals surface area contributed by atoms with Crippen molar-refractivity contribution in [2.24, 2.45) is 0 Å². The monoisotopic (exact) mass is 447 g/mol. The standard InChI is InChI=1S/C21H20F3N5OS/c1-2-8-16-26-27-20-29(16)28-17(13-9-4-3-5-10-13)18(31-20)19(30)25-15-12-7-6-11-14(15)21(22,23)24/h3-7,9-12,17-18,28H,2,8H2,1H3,(H,25,30)/t17-,18+/m0/s1.